The fourth-order valence-electron chi connectivity index (χ4n) is 4.25. The van der Waals surface area contributed by atoms with Crippen LogP contribution in [-0.2, 0) is 16.4 Å². The van der Waals surface area contributed by atoms with Crippen LogP contribution in [-0.4, -0.2) is 55.5 Å². The summed E-state index contributed by atoms with van der Waals surface area (Å²) in [7, 11) is -1.62. The van der Waals surface area contributed by atoms with Gasteiger partial charge in [-0.15, -0.1) is 0 Å². The van der Waals surface area contributed by atoms with Gasteiger partial charge >= 0.3 is 0 Å². The zero-order chi connectivity index (χ0) is 19.9. The topological polar surface area (TPSA) is 112 Å². The largest absolute Gasteiger partial charge is 0.374 e. The van der Waals surface area contributed by atoms with E-state index in [1.807, 2.05) is 13.1 Å². The van der Waals surface area contributed by atoms with Crippen molar-refractivity contribution in [2.45, 2.75) is 36.5 Å². The first-order chi connectivity index (χ1) is 13.4. The number of nitrogens with two attached hydrogens (primary N) is 1. The second kappa shape index (κ2) is 7.21. The first-order valence-corrected chi connectivity index (χ1v) is 11.0. The number of fused-ring (bicyclic) bond motifs is 1. The van der Waals surface area contributed by atoms with Crippen LogP contribution in [0.15, 0.2) is 29.3 Å². The van der Waals surface area contributed by atoms with Crippen molar-refractivity contribution in [1.82, 2.24) is 14.5 Å². The zero-order valence-electron chi connectivity index (χ0n) is 15.9. The van der Waals surface area contributed by atoms with Crippen molar-refractivity contribution < 1.29 is 13.2 Å². The molecule has 1 amide bonds. The van der Waals surface area contributed by atoms with Crippen molar-refractivity contribution in [1.29, 1.82) is 0 Å². The fraction of sp³-hybridized carbons (Fsp3) is 0.474. The van der Waals surface area contributed by atoms with Crippen molar-refractivity contribution in [2.75, 3.05) is 31.6 Å². The van der Waals surface area contributed by atoms with Crippen LogP contribution in [0.4, 0.5) is 5.69 Å². The number of piperidine rings is 1. The Morgan fingerprint density at radius 1 is 1.29 bits per heavy atom. The highest BCUT2D eigenvalue weighted by molar-refractivity contribution is 7.89. The van der Waals surface area contributed by atoms with E-state index in [2.05, 4.69) is 15.1 Å². The monoisotopic (exact) mass is 403 g/mol. The average Bonchev–Trinajstić information content (AvgIpc) is 3.18. The number of benzene rings is 1. The third kappa shape index (κ3) is 3.29. The Labute approximate surface area is 164 Å². The van der Waals surface area contributed by atoms with Gasteiger partial charge in [0.2, 0.25) is 10.0 Å². The highest BCUT2D eigenvalue weighted by atomic mass is 32.2. The summed E-state index contributed by atoms with van der Waals surface area (Å²) < 4.78 is 28.1. The smallest absolute Gasteiger partial charge is 0.252 e. The molecule has 0 saturated carbocycles. The summed E-state index contributed by atoms with van der Waals surface area (Å²) in [4.78, 5) is 14.0. The minimum absolute atomic E-state index is 0.131. The predicted molar refractivity (Wildman–Crippen MR) is 106 cm³/mol. The van der Waals surface area contributed by atoms with Crippen LogP contribution < -0.4 is 10.6 Å². The van der Waals surface area contributed by atoms with Gasteiger partial charge in [0.05, 0.1) is 22.3 Å². The van der Waals surface area contributed by atoms with Gasteiger partial charge in [-0.1, -0.05) is 6.07 Å². The normalized spacial score (nSPS) is 20.8. The number of anilines is 1. The van der Waals surface area contributed by atoms with Gasteiger partial charge < -0.3 is 10.6 Å². The molecule has 3 N–H and O–H groups in total. The number of aromatic amines is 1. The lowest BCUT2D eigenvalue weighted by molar-refractivity contribution is 0.0998. The zero-order valence-corrected chi connectivity index (χ0v) is 16.7. The number of carbonyl (C=O) groups is 1. The fourth-order valence-corrected chi connectivity index (χ4v) is 5.79. The van der Waals surface area contributed by atoms with Gasteiger partial charge in [-0.05, 0) is 43.4 Å². The molecule has 0 spiro atoms. The molecule has 0 radical (unpaired) electrons. The molecule has 28 heavy (non-hydrogen) atoms. The lowest BCUT2D eigenvalue weighted by Crippen LogP contribution is -2.39. The minimum atomic E-state index is -3.62. The minimum Gasteiger partial charge on any atom is -0.374 e. The Balaban J connectivity index is 1.62. The summed E-state index contributed by atoms with van der Waals surface area (Å²) >= 11 is 0. The molecule has 3 heterocycles. The Morgan fingerprint density at radius 3 is 2.89 bits per heavy atom. The Morgan fingerprint density at radius 2 is 2.11 bits per heavy atom. The van der Waals surface area contributed by atoms with E-state index in [0.717, 1.165) is 31.5 Å². The summed E-state index contributed by atoms with van der Waals surface area (Å²) in [6, 6.07) is 5.43. The molecule has 1 aromatic carbocycles. The summed E-state index contributed by atoms with van der Waals surface area (Å²) in [6.45, 7) is 1.70. The highest BCUT2D eigenvalue weighted by Crippen LogP contribution is 2.33. The van der Waals surface area contributed by atoms with Crippen LogP contribution in [0.25, 0.3) is 0 Å². The van der Waals surface area contributed by atoms with E-state index in [9.17, 15) is 13.2 Å². The number of amides is 1. The summed E-state index contributed by atoms with van der Waals surface area (Å²) in [6.07, 6.45) is 4.95. The van der Waals surface area contributed by atoms with Gasteiger partial charge in [-0.2, -0.15) is 9.40 Å². The maximum atomic E-state index is 13.3. The number of nitrogens with zero attached hydrogens (tertiary/aromatic N) is 3. The van der Waals surface area contributed by atoms with Gasteiger partial charge in [-0.25, -0.2) is 8.42 Å². The SMILES string of the molecule is CN1CCCc2ccc(S(=O)(=O)N3CCC[C@H](c4[nH]ncc4C(N)=O)C3)cc21. The van der Waals surface area contributed by atoms with Crippen LogP contribution in [0, 0.1) is 0 Å². The number of primary amides is 1. The van der Waals surface area contributed by atoms with Gasteiger partial charge in [0.15, 0.2) is 0 Å². The average molecular weight is 404 g/mol. The van der Waals surface area contributed by atoms with Crippen molar-refractivity contribution in [2.24, 2.45) is 5.73 Å². The number of H-pyrrole nitrogens is 1. The second-order valence-electron chi connectivity index (χ2n) is 7.58. The maximum absolute atomic E-state index is 13.3. The van der Waals surface area contributed by atoms with Crippen molar-refractivity contribution in [3.8, 4) is 0 Å². The van der Waals surface area contributed by atoms with E-state index in [-0.39, 0.29) is 5.92 Å². The van der Waals surface area contributed by atoms with Crippen molar-refractivity contribution >= 4 is 21.6 Å². The molecule has 0 bridgehead atoms. The summed E-state index contributed by atoms with van der Waals surface area (Å²) in [5, 5.41) is 6.76. The van der Waals surface area contributed by atoms with Crippen LogP contribution in [0.1, 0.15) is 46.8 Å². The highest BCUT2D eigenvalue weighted by Gasteiger charge is 2.33. The van der Waals surface area contributed by atoms with Gasteiger partial charge in [-0.3, -0.25) is 9.89 Å². The maximum Gasteiger partial charge on any atom is 0.252 e. The van der Waals surface area contributed by atoms with Gasteiger partial charge in [0.1, 0.15) is 0 Å². The van der Waals surface area contributed by atoms with Crippen molar-refractivity contribution in [3.63, 3.8) is 0 Å². The van der Waals surface area contributed by atoms with E-state index >= 15 is 0 Å². The molecule has 4 rings (SSSR count). The molecule has 1 aromatic heterocycles. The molecule has 150 valence electrons. The number of hydrogen-bond acceptors (Lipinski definition) is 5. The standard InChI is InChI=1S/C19H25N5O3S/c1-23-8-2-4-13-6-7-15(10-17(13)23)28(26,27)24-9-3-5-14(12-24)18-16(19(20)25)11-21-22-18/h6-7,10-11,14H,2-5,8-9,12H2,1H3,(H2,20,25)(H,21,22)/t14-/m0/s1. The molecule has 0 unspecified atom stereocenters. The molecular weight excluding hydrogens is 378 g/mol. The Bertz CT molecular complexity index is 1000. The number of hydrogen-bond donors (Lipinski definition) is 2. The molecule has 1 saturated heterocycles. The number of sulfonamides is 1. The second-order valence-corrected chi connectivity index (χ2v) is 9.52. The third-order valence-electron chi connectivity index (χ3n) is 5.77. The lowest BCUT2D eigenvalue weighted by atomic mass is 9.93. The molecule has 0 aliphatic carbocycles. The van der Waals surface area contributed by atoms with E-state index in [1.165, 1.54) is 16.1 Å². The van der Waals surface area contributed by atoms with Crippen LogP contribution >= 0.6 is 0 Å². The molecule has 2 aliphatic rings. The Hall–Kier alpha value is -2.39. The molecule has 2 aliphatic heterocycles. The van der Waals surface area contributed by atoms with Gasteiger partial charge in [0.25, 0.3) is 5.91 Å². The predicted octanol–water partition coefficient (Wildman–Crippen LogP) is 1.46. The molecule has 1 fully saturated rings. The molecule has 1 atom stereocenters. The van der Waals surface area contributed by atoms with Crippen LogP contribution in [0.3, 0.4) is 0 Å². The van der Waals surface area contributed by atoms with E-state index in [1.54, 1.807) is 12.1 Å². The number of aromatic nitrogens is 2. The summed E-state index contributed by atoms with van der Waals surface area (Å²) in [5.41, 5.74) is 8.55. The Kier molecular flexibility index (Phi) is 4.88. The number of carbonyl (C=O) groups excluding carboxylic acids is 1. The van der Waals surface area contributed by atoms with E-state index in [4.69, 9.17) is 5.73 Å². The number of nitrogens with one attached hydrogen (secondary N) is 1. The first-order valence-electron chi connectivity index (χ1n) is 9.55. The van der Waals surface area contributed by atoms with Gasteiger partial charge in [0, 0.05) is 38.3 Å². The number of rotatable bonds is 4. The van der Waals surface area contributed by atoms with E-state index < -0.39 is 15.9 Å². The van der Waals surface area contributed by atoms with Crippen molar-refractivity contribution in [3.05, 3.63) is 41.2 Å². The quantitative estimate of drug-likeness (QED) is 0.803. The lowest BCUT2D eigenvalue weighted by Gasteiger charge is -2.32. The number of aryl methyl sites for hydroxylation is 1. The van der Waals surface area contributed by atoms with Crippen LogP contribution in [0.5, 0.6) is 0 Å². The molecular formula is C19H25N5O3S. The first kappa shape index (κ1) is 18.9. The third-order valence-corrected chi connectivity index (χ3v) is 7.63. The molecule has 9 heteroatoms. The summed E-state index contributed by atoms with van der Waals surface area (Å²) in [5.74, 6) is -0.685. The van der Waals surface area contributed by atoms with Crippen LogP contribution in [0.2, 0.25) is 0 Å². The molecule has 2 aromatic rings. The van der Waals surface area contributed by atoms with E-state index in [0.29, 0.717) is 35.7 Å². The molecule has 8 nitrogen and oxygen atoms in total.